The third kappa shape index (κ3) is 4.60. The third-order valence-electron chi connectivity index (χ3n) is 2.14. The molecule has 0 bridgehead atoms. The first-order valence-electron chi connectivity index (χ1n) is 5.23. The highest BCUT2D eigenvalue weighted by Crippen LogP contribution is 2.00. The maximum atomic E-state index is 11.3. The van der Waals surface area contributed by atoms with Crippen LogP contribution in [-0.4, -0.2) is 35.6 Å². The number of hydrogen-bond acceptors (Lipinski definition) is 4. The molecule has 0 aliphatic heterocycles. The summed E-state index contributed by atoms with van der Waals surface area (Å²) in [5, 5.41) is 14.2. The summed E-state index contributed by atoms with van der Waals surface area (Å²) in [7, 11) is 1.78. The molecule has 3 N–H and O–H groups in total. The quantitative estimate of drug-likeness (QED) is 0.648. The van der Waals surface area contributed by atoms with E-state index in [4.69, 9.17) is 5.11 Å². The second-order valence-electron chi connectivity index (χ2n) is 3.49. The van der Waals surface area contributed by atoms with Gasteiger partial charge in [0.25, 0.3) is 0 Å². The molecule has 1 rings (SSSR count). The molecule has 1 aromatic rings. The molecule has 0 unspecified atom stereocenters. The van der Waals surface area contributed by atoms with Gasteiger partial charge in [-0.25, -0.2) is 9.78 Å². The lowest BCUT2D eigenvalue weighted by atomic mass is 10.2. The van der Waals surface area contributed by atoms with Gasteiger partial charge in [0, 0.05) is 25.7 Å². The van der Waals surface area contributed by atoms with Crippen LogP contribution in [0.2, 0.25) is 0 Å². The molecule has 1 aromatic heterocycles. The third-order valence-corrected chi connectivity index (χ3v) is 2.14. The van der Waals surface area contributed by atoms with E-state index < -0.39 is 5.97 Å². The van der Waals surface area contributed by atoms with Crippen molar-refractivity contribution >= 4 is 11.9 Å². The van der Waals surface area contributed by atoms with Crippen LogP contribution in [0.3, 0.4) is 0 Å². The molecule has 0 aliphatic rings. The first kappa shape index (κ1) is 13.1. The second-order valence-corrected chi connectivity index (χ2v) is 3.49. The maximum absolute atomic E-state index is 11.3. The van der Waals surface area contributed by atoms with Crippen molar-refractivity contribution in [2.24, 2.45) is 0 Å². The van der Waals surface area contributed by atoms with Crippen molar-refractivity contribution in [2.45, 2.75) is 13.0 Å². The molecule has 0 aromatic carbocycles. The summed E-state index contributed by atoms with van der Waals surface area (Å²) in [5.41, 5.74) is 0.767. The van der Waals surface area contributed by atoms with Gasteiger partial charge in [-0.3, -0.25) is 4.79 Å². The van der Waals surface area contributed by atoms with Gasteiger partial charge < -0.3 is 15.7 Å². The van der Waals surface area contributed by atoms with Gasteiger partial charge in [-0.1, -0.05) is 6.07 Å². The number of carboxylic acids is 1. The van der Waals surface area contributed by atoms with Crippen molar-refractivity contribution in [3.63, 3.8) is 0 Å². The molecule has 92 valence electrons. The van der Waals surface area contributed by atoms with Gasteiger partial charge in [0.05, 0.1) is 0 Å². The molecule has 0 atom stereocenters. The molecule has 0 spiro atoms. The Labute approximate surface area is 99.1 Å². The molecule has 0 fully saturated rings. The summed E-state index contributed by atoms with van der Waals surface area (Å²) in [6.45, 7) is 0.984. The molecule has 6 nitrogen and oxygen atoms in total. The molecule has 0 saturated carbocycles. The van der Waals surface area contributed by atoms with Gasteiger partial charge in [-0.2, -0.15) is 0 Å². The topological polar surface area (TPSA) is 91.3 Å². The van der Waals surface area contributed by atoms with E-state index >= 15 is 0 Å². The summed E-state index contributed by atoms with van der Waals surface area (Å²) >= 11 is 0. The summed E-state index contributed by atoms with van der Waals surface area (Å²) in [6, 6.07) is 3.05. The van der Waals surface area contributed by atoms with E-state index in [0.29, 0.717) is 19.5 Å². The number of nitrogens with one attached hydrogen (secondary N) is 2. The van der Waals surface area contributed by atoms with Gasteiger partial charge >= 0.3 is 5.97 Å². The predicted molar refractivity (Wildman–Crippen MR) is 61.6 cm³/mol. The fraction of sp³-hybridized carbons (Fsp3) is 0.364. The Balaban J connectivity index is 2.42. The molecule has 6 heteroatoms. The number of pyridine rings is 1. The van der Waals surface area contributed by atoms with Gasteiger partial charge in [0.1, 0.15) is 5.69 Å². The predicted octanol–water partition coefficient (Wildman–Crippen LogP) is 0.00550. The molecule has 0 saturated heterocycles. The number of nitrogens with zero attached hydrogens (tertiary/aromatic N) is 1. The van der Waals surface area contributed by atoms with Crippen LogP contribution in [0, 0.1) is 0 Å². The van der Waals surface area contributed by atoms with Gasteiger partial charge in [0.15, 0.2) is 0 Å². The molecule has 0 aliphatic carbocycles. The fourth-order valence-corrected chi connectivity index (χ4v) is 1.18. The van der Waals surface area contributed by atoms with Crippen LogP contribution in [0.4, 0.5) is 0 Å². The lowest BCUT2D eigenvalue weighted by Gasteiger charge is -2.05. The van der Waals surface area contributed by atoms with E-state index in [2.05, 4.69) is 15.6 Å². The lowest BCUT2D eigenvalue weighted by molar-refractivity contribution is -0.121. The molecule has 0 radical (unpaired) electrons. The molecule has 17 heavy (non-hydrogen) atoms. The lowest BCUT2D eigenvalue weighted by Crippen LogP contribution is -2.26. The van der Waals surface area contributed by atoms with Gasteiger partial charge in [0.2, 0.25) is 5.91 Å². The number of hydrogen-bond donors (Lipinski definition) is 3. The highest BCUT2D eigenvalue weighted by atomic mass is 16.4. The van der Waals surface area contributed by atoms with Crippen LogP contribution in [0.15, 0.2) is 18.3 Å². The van der Waals surface area contributed by atoms with Crippen molar-refractivity contribution in [3.05, 3.63) is 29.6 Å². The normalized spacial score (nSPS) is 9.94. The van der Waals surface area contributed by atoms with E-state index in [1.54, 1.807) is 13.1 Å². The van der Waals surface area contributed by atoms with E-state index in [1.807, 2.05) is 0 Å². The van der Waals surface area contributed by atoms with Gasteiger partial charge in [-0.15, -0.1) is 0 Å². The van der Waals surface area contributed by atoms with Crippen molar-refractivity contribution in [1.29, 1.82) is 0 Å². The number of carbonyl (C=O) groups is 2. The average Bonchev–Trinajstić information content (AvgIpc) is 2.34. The number of aromatic nitrogens is 1. The standard InChI is InChI=1S/C11H15N3O3/c1-12-5-4-10(15)14-7-8-2-3-9(11(16)17)13-6-8/h2-3,6,12H,4-5,7H2,1H3,(H,14,15)(H,16,17). The Hall–Kier alpha value is -1.95. The second kappa shape index (κ2) is 6.59. The number of amides is 1. The Morgan fingerprint density at radius 2 is 2.18 bits per heavy atom. The van der Waals surface area contributed by atoms with E-state index in [-0.39, 0.29) is 11.6 Å². The number of carboxylic acid groups (broad SMARTS) is 1. The van der Waals surface area contributed by atoms with E-state index in [0.717, 1.165) is 5.56 Å². The van der Waals surface area contributed by atoms with Crippen molar-refractivity contribution < 1.29 is 14.7 Å². The summed E-state index contributed by atoms with van der Waals surface area (Å²) in [6.07, 6.45) is 1.86. The van der Waals surface area contributed by atoms with E-state index in [1.165, 1.54) is 12.3 Å². The van der Waals surface area contributed by atoms with Crippen LogP contribution in [0.25, 0.3) is 0 Å². The zero-order valence-corrected chi connectivity index (χ0v) is 9.56. The number of carbonyl (C=O) groups excluding carboxylic acids is 1. The first-order chi connectivity index (χ1) is 8.13. The monoisotopic (exact) mass is 237 g/mol. The Morgan fingerprint density at radius 1 is 1.41 bits per heavy atom. The zero-order chi connectivity index (χ0) is 12.7. The molecular formula is C11H15N3O3. The molecule has 1 heterocycles. The SMILES string of the molecule is CNCCC(=O)NCc1ccc(C(=O)O)nc1. The Morgan fingerprint density at radius 3 is 2.71 bits per heavy atom. The molecular weight excluding hydrogens is 222 g/mol. The number of aromatic carboxylic acids is 1. The fourth-order valence-electron chi connectivity index (χ4n) is 1.18. The largest absolute Gasteiger partial charge is 0.477 e. The molecule has 1 amide bonds. The smallest absolute Gasteiger partial charge is 0.354 e. The van der Waals surface area contributed by atoms with Crippen molar-refractivity contribution in [3.8, 4) is 0 Å². The summed E-state index contributed by atoms with van der Waals surface area (Å²) in [4.78, 5) is 25.6. The average molecular weight is 237 g/mol. The first-order valence-corrected chi connectivity index (χ1v) is 5.23. The summed E-state index contributed by atoms with van der Waals surface area (Å²) in [5.74, 6) is -1.11. The highest BCUT2D eigenvalue weighted by molar-refractivity contribution is 5.85. The van der Waals surface area contributed by atoms with Gasteiger partial charge in [-0.05, 0) is 18.7 Å². The van der Waals surface area contributed by atoms with Crippen LogP contribution < -0.4 is 10.6 Å². The van der Waals surface area contributed by atoms with Crippen LogP contribution in [-0.2, 0) is 11.3 Å². The zero-order valence-electron chi connectivity index (χ0n) is 9.56. The maximum Gasteiger partial charge on any atom is 0.354 e. The minimum Gasteiger partial charge on any atom is -0.477 e. The minimum absolute atomic E-state index is 0.00439. The van der Waals surface area contributed by atoms with Crippen molar-refractivity contribution in [2.75, 3.05) is 13.6 Å². The number of rotatable bonds is 6. The van der Waals surface area contributed by atoms with Crippen LogP contribution in [0.1, 0.15) is 22.5 Å². The van der Waals surface area contributed by atoms with Crippen LogP contribution in [0.5, 0.6) is 0 Å². The highest BCUT2D eigenvalue weighted by Gasteiger charge is 2.04. The summed E-state index contributed by atoms with van der Waals surface area (Å²) < 4.78 is 0. The Bertz CT molecular complexity index is 389. The van der Waals surface area contributed by atoms with Crippen LogP contribution >= 0.6 is 0 Å². The Kier molecular flexibility index (Phi) is 5.09. The minimum atomic E-state index is -1.06. The van der Waals surface area contributed by atoms with E-state index in [9.17, 15) is 9.59 Å². The van der Waals surface area contributed by atoms with Crippen molar-refractivity contribution in [1.82, 2.24) is 15.6 Å².